The van der Waals surface area contributed by atoms with Crippen molar-refractivity contribution < 1.29 is 18.0 Å². The van der Waals surface area contributed by atoms with Crippen LogP contribution in [-0.2, 0) is 6.18 Å². The molecule has 0 spiro atoms. The summed E-state index contributed by atoms with van der Waals surface area (Å²) in [6.07, 6.45) is -0.00421. The summed E-state index contributed by atoms with van der Waals surface area (Å²) in [4.78, 5) is 25.6. The number of aromatic nitrogens is 4. The molecule has 0 aliphatic heterocycles. The Morgan fingerprint density at radius 1 is 1.06 bits per heavy atom. The van der Waals surface area contributed by atoms with E-state index in [-0.39, 0.29) is 17.4 Å². The minimum Gasteiger partial charge on any atom is -0.371 e. The average Bonchev–Trinajstić information content (AvgIpc) is 3.23. The van der Waals surface area contributed by atoms with Gasteiger partial charge in [-0.1, -0.05) is 12.1 Å². The van der Waals surface area contributed by atoms with Crippen molar-refractivity contribution in [2.45, 2.75) is 19.1 Å². The lowest BCUT2D eigenvalue weighted by Crippen LogP contribution is -2.15. The van der Waals surface area contributed by atoms with Gasteiger partial charge >= 0.3 is 6.18 Å². The second kappa shape index (κ2) is 9.10. The topological polar surface area (TPSA) is 96.2 Å². The molecule has 1 aromatic carbocycles. The maximum atomic E-state index is 12.9. The molecule has 0 aliphatic rings. The van der Waals surface area contributed by atoms with Gasteiger partial charge in [-0.15, -0.1) is 0 Å². The number of nitrogens with zero attached hydrogens (tertiary/aromatic N) is 4. The zero-order valence-electron chi connectivity index (χ0n) is 18.6. The monoisotopic (exact) mass is 469 g/mol. The highest BCUT2D eigenvalue weighted by molar-refractivity contribution is 6.04. The number of alkyl halides is 3. The first kappa shape index (κ1) is 23.2. The molecule has 0 aliphatic carbocycles. The third-order valence-electron chi connectivity index (χ3n) is 5.39. The van der Waals surface area contributed by atoms with Crippen LogP contribution in [-0.4, -0.2) is 39.4 Å². The van der Waals surface area contributed by atoms with Crippen LogP contribution in [0.25, 0.3) is 16.8 Å². The fourth-order valence-electron chi connectivity index (χ4n) is 3.52. The van der Waals surface area contributed by atoms with Crippen LogP contribution in [0.5, 0.6) is 0 Å². The van der Waals surface area contributed by atoms with Crippen molar-refractivity contribution in [1.82, 2.24) is 24.7 Å². The zero-order chi connectivity index (χ0) is 24.5. The largest absolute Gasteiger partial charge is 0.416 e. The van der Waals surface area contributed by atoms with E-state index < -0.39 is 17.6 Å². The Bertz CT molecular complexity index is 1330. The summed E-state index contributed by atoms with van der Waals surface area (Å²) >= 11 is 0. The van der Waals surface area contributed by atoms with Crippen molar-refractivity contribution >= 4 is 23.1 Å². The molecular weight excluding hydrogens is 447 g/mol. The van der Waals surface area contributed by atoms with Gasteiger partial charge in [0.05, 0.1) is 11.6 Å². The first-order valence-corrected chi connectivity index (χ1v) is 10.4. The summed E-state index contributed by atoms with van der Waals surface area (Å²) in [7, 11) is 3.62. The number of anilines is 2. The van der Waals surface area contributed by atoms with Gasteiger partial charge in [0.15, 0.2) is 5.82 Å². The van der Waals surface area contributed by atoms with Gasteiger partial charge in [-0.25, -0.2) is 15.0 Å². The molecule has 3 heterocycles. The number of nitrogens with one attached hydrogen (secondary N) is 3. The summed E-state index contributed by atoms with van der Waals surface area (Å²) in [6, 6.07) is 8.24. The van der Waals surface area contributed by atoms with Crippen molar-refractivity contribution in [1.29, 1.82) is 0 Å². The number of amides is 1. The lowest BCUT2D eigenvalue weighted by Gasteiger charge is -2.09. The highest BCUT2D eigenvalue weighted by atomic mass is 19.4. The fraction of sp³-hybridized carbons (Fsp3) is 0.217. The molecule has 0 radical (unpaired) electrons. The number of hydrogen-bond donors (Lipinski definition) is 3. The Hall–Kier alpha value is -3.99. The second-order valence-electron chi connectivity index (χ2n) is 7.53. The van der Waals surface area contributed by atoms with Crippen LogP contribution in [0.1, 0.15) is 34.7 Å². The third kappa shape index (κ3) is 4.42. The Balaban J connectivity index is 1.65. The number of imidazole rings is 1. The quantitative estimate of drug-likeness (QED) is 0.388. The third-order valence-corrected chi connectivity index (χ3v) is 5.39. The zero-order valence-corrected chi connectivity index (χ0v) is 18.6. The highest BCUT2D eigenvalue weighted by Crippen LogP contribution is 2.32. The van der Waals surface area contributed by atoms with Gasteiger partial charge in [-0.2, -0.15) is 13.2 Å². The first-order valence-electron chi connectivity index (χ1n) is 10.4. The molecule has 3 aromatic heterocycles. The molecular formula is C23H22F3N7O. The Morgan fingerprint density at radius 2 is 1.79 bits per heavy atom. The smallest absolute Gasteiger partial charge is 0.371 e. The van der Waals surface area contributed by atoms with E-state index in [9.17, 15) is 18.0 Å². The average molecular weight is 469 g/mol. The molecule has 4 aromatic rings. The number of carbonyl (C=O) groups excluding carboxylic acids is 1. The normalized spacial score (nSPS) is 12.5. The summed E-state index contributed by atoms with van der Waals surface area (Å²) < 4.78 is 40.7. The van der Waals surface area contributed by atoms with Gasteiger partial charge < -0.3 is 16.0 Å². The van der Waals surface area contributed by atoms with Gasteiger partial charge in [0.2, 0.25) is 0 Å². The first-order chi connectivity index (χ1) is 16.2. The van der Waals surface area contributed by atoms with E-state index in [0.29, 0.717) is 11.5 Å². The lowest BCUT2D eigenvalue weighted by molar-refractivity contribution is -0.137. The summed E-state index contributed by atoms with van der Waals surface area (Å²) in [6.45, 7) is 1.99. The van der Waals surface area contributed by atoms with Crippen LogP contribution in [0.4, 0.5) is 24.8 Å². The molecule has 1 atom stereocenters. The van der Waals surface area contributed by atoms with E-state index >= 15 is 0 Å². The molecule has 4 rings (SSSR count). The maximum absolute atomic E-state index is 12.9. The van der Waals surface area contributed by atoms with Crippen molar-refractivity contribution in [3.05, 3.63) is 71.9 Å². The SMILES string of the molecule is CNc1nccn2c(C(C)NC)nc(-c3ccc(C(=O)Nc4cc(C(F)(F)F)ccn4)cc3)c12. The minimum absolute atomic E-state index is 0.0293. The molecule has 11 heteroatoms. The summed E-state index contributed by atoms with van der Waals surface area (Å²) in [5.74, 6) is 0.690. The van der Waals surface area contributed by atoms with E-state index in [1.54, 1.807) is 37.5 Å². The van der Waals surface area contributed by atoms with Gasteiger partial charge in [-0.05, 0) is 38.2 Å². The van der Waals surface area contributed by atoms with Crippen LogP contribution < -0.4 is 16.0 Å². The highest BCUT2D eigenvalue weighted by Gasteiger charge is 2.31. The van der Waals surface area contributed by atoms with Gasteiger partial charge in [0, 0.05) is 36.8 Å². The number of fused-ring (bicyclic) bond motifs is 1. The van der Waals surface area contributed by atoms with Crippen molar-refractivity contribution in [3.8, 4) is 11.3 Å². The molecule has 3 N–H and O–H groups in total. The van der Waals surface area contributed by atoms with Crippen molar-refractivity contribution in [3.63, 3.8) is 0 Å². The number of pyridine rings is 1. The van der Waals surface area contributed by atoms with Crippen LogP contribution in [0.2, 0.25) is 0 Å². The van der Waals surface area contributed by atoms with E-state index in [1.165, 1.54) is 0 Å². The number of benzene rings is 1. The number of carbonyl (C=O) groups is 1. The van der Waals surface area contributed by atoms with Gasteiger partial charge in [0.25, 0.3) is 5.91 Å². The fourth-order valence-corrected chi connectivity index (χ4v) is 3.52. The molecule has 0 fully saturated rings. The van der Waals surface area contributed by atoms with Crippen LogP contribution in [0.3, 0.4) is 0 Å². The predicted octanol–water partition coefficient (Wildman–Crippen LogP) is 4.38. The van der Waals surface area contributed by atoms with Crippen LogP contribution >= 0.6 is 0 Å². The van der Waals surface area contributed by atoms with Crippen molar-refractivity contribution in [2.24, 2.45) is 0 Å². The molecule has 8 nitrogen and oxygen atoms in total. The molecule has 176 valence electrons. The van der Waals surface area contributed by atoms with Crippen LogP contribution in [0, 0.1) is 0 Å². The number of halogens is 3. The molecule has 0 bridgehead atoms. The summed E-state index contributed by atoms with van der Waals surface area (Å²) in [5, 5.41) is 8.67. The summed E-state index contributed by atoms with van der Waals surface area (Å²) in [5.41, 5.74) is 1.60. The maximum Gasteiger partial charge on any atom is 0.416 e. The number of rotatable bonds is 6. The predicted molar refractivity (Wildman–Crippen MR) is 123 cm³/mol. The molecule has 1 unspecified atom stereocenters. The van der Waals surface area contributed by atoms with E-state index in [0.717, 1.165) is 35.2 Å². The number of hydrogen-bond acceptors (Lipinski definition) is 6. The van der Waals surface area contributed by atoms with Gasteiger partial charge in [-0.3, -0.25) is 9.20 Å². The van der Waals surface area contributed by atoms with E-state index in [4.69, 9.17) is 4.98 Å². The van der Waals surface area contributed by atoms with E-state index in [2.05, 4.69) is 25.9 Å². The standard InChI is InChI=1S/C23H22F3N7O/c1-13(27-2)21-32-18(19-20(28-3)30-10-11-33(19)21)14-4-6-15(7-5-14)22(34)31-17-12-16(8-9-29-17)23(24,25)26/h4-13,27H,1-3H3,(H,28,30)(H,29,31,34). The Labute approximate surface area is 193 Å². The Kier molecular flexibility index (Phi) is 6.20. The lowest BCUT2D eigenvalue weighted by atomic mass is 10.1. The van der Waals surface area contributed by atoms with E-state index in [1.807, 2.05) is 24.6 Å². The molecule has 0 saturated heterocycles. The second-order valence-corrected chi connectivity index (χ2v) is 7.53. The minimum atomic E-state index is -4.53. The van der Waals surface area contributed by atoms with Gasteiger partial charge in [0.1, 0.15) is 22.9 Å². The Morgan fingerprint density at radius 3 is 2.44 bits per heavy atom. The van der Waals surface area contributed by atoms with Crippen LogP contribution in [0.15, 0.2) is 55.0 Å². The molecule has 0 saturated carbocycles. The molecule has 34 heavy (non-hydrogen) atoms. The van der Waals surface area contributed by atoms with Crippen molar-refractivity contribution in [2.75, 3.05) is 24.7 Å². The molecule has 1 amide bonds.